The highest BCUT2D eigenvalue weighted by molar-refractivity contribution is 7.98. The minimum Gasteiger partial charge on any atom is -0.305 e. The third-order valence-electron chi connectivity index (χ3n) is 4.14. The third kappa shape index (κ3) is 3.94. The van der Waals surface area contributed by atoms with Gasteiger partial charge in [0, 0.05) is 29.3 Å². The lowest BCUT2D eigenvalue weighted by Crippen LogP contribution is -1.95. The molecule has 0 atom stereocenters. The van der Waals surface area contributed by atoms with Crippen molar-refractivity contribution in [3.05, 3.63) is 71.0 Å². The van der Waals surface area contributed by atoms with Gasteiger partial charge in [-0.25, -0.2) is 9.37 Å². The molecule has 0 spiro atoms. The van der Waals surface area contributed by atoms with Crippen LogP contribution in [0.1, 0.15) is 11.3 Å². The molecule has 2 heterocycles. The Balaban J connectivity index is 1.46. The van der Waals surface area contributed by atoms with Gasteiger partial charge in [-0.1, -0.05) is 41.6 Å². The molecule has 4 rings (SSSR count). The summed E-state index contributed by atoms with van der Waals surface area (Å²) in [5.74, 6) is 1.18. The van der Waals surface area contributed by atoms with Crippen molar-refractivity contribution >= 4 is 23.1 Å². The highest BCUT2D eigenvalue weighted by Crippen LogP contribution is 2.29. The number of hydrogen-bond donors (Lipinski definition) is 0. The second-order valence-electron chi connectivity index (χ2n) is 6.17. The van der Waals surface area contributed by atoms with Gasteiger partial charge in [-0.05, 0) is 31.2 Å². The van der Waals surface area contributed by atoms with Crippen LogP contribution in [0.15, 0.2) is 59.1 Å². The third-order valence-corrected chi connectivity index (χ3v) is 6.13. The van der Waals surface area contributed by atoms with Crippen LogP contribution in [-0.4, -0.2) is 19.7 Å². The molecule has 0 fully saturated rings. The van der Waals surface area contributed by atoms with E-state index in [1.165, 1.54) is 17.7 Å². The predicted molar refractivity (Wildman–Crippen MR) is 108 cm³/mol. The molecule has 27 heavy (non-hydrogen) atoms. The van der Waals surface area contributed by atoms with Crippen molar-refractivity contribution in [3.8, 4) is 22.0 Å². The second-order valence-corrected chi connectivity index (χ2v) is 7.97. The van der Waals surface area contributed by atoms with E-state index in [9.17, 15) is 4.39 Å². The van der Waals surface area contributed by atoms with Crippen LogP contribution >= 0.6 is 23.1 Å². The molecule has 4 aromatic rings. The average molecular weight is 397 g/mol. The minimum absolute atomic E-state index is 0.261. The summed E-state index contributed by atoms with van der Waals surface area (Å²) in [5, 5.41) is 12.4. The van der Waals surface area contributed by atoms with Crippen LogP contribution in [0.4, 0.5) is 4.39 Å². The van der Waals surface area contributed by atoms with Crippen LogP contribution in [-0.2, 0) is 12.8 Å². The molecular weight excluding hydrogens is 379 g/mol. The first kappa shape index (κ1) is 17.9. The van der Waals surface area contributed by atoms with Gasteiger partial charge in [0.25, 0.3) is 0 Å². The zero-order valence-electron chi connectivity index (χ0n) is 14.9. The van der Waals surface area contributed by atoms with Gasteiger partial charge in [0.2, 0.25) is 0 Å². The molecule has 0 aliphatic rings. The van der Waals surface area contributed by atoms with Crippen molar-refractivity contribution < 1.29 is 4.39 Å². The van der Waals surface area contributed by atoms with E-state index in [-0.39, 0.29) is 5.82 Å². The molecule has 0 saturated heterocycles. The Hall–Kier alpha value is -2.51. The lowest BCUT2D eigenvalue weighted by atomic mass is 10.2. The lowest BCUT2D eigenvalue weighted by Gasteiger charge is -2.03. The number of nitrogens with zero attached hydrogens (tertiary/aromatic N) is 4. The van der Waals surface area contributed by atoms with E-state index in [1.807, 2.05) is 11.6 Å². The zero-order chi connectivity index (χ0) is 18.8. The van der Waals surface area contributed by atoms with Crippen LogP contribution in [0.25, 0.3) is 22.0 Å². The average Bonchev–Trinajstić information content (AvgIpc) is 3.28. The summed E-state index contributed by atoms with van der Waals surface area (Å²) in [6.45, 7) is 2.08. The number of rotatable bonds is 5. The van der Waals surface area contributed by atoms with E-state index < -0.39 is 0 Å². The van der Waals surface area contributed by atoms with Crippen molar-refractivity contribution in [3.63, 3.8) is 0 Å². The van der Waals surface area contributed by atoms with Gasteiger partial charge in [-0.15, -0.1) is 21.5 Å². The molecular formula is C20H17FN4S2. The van der Waals surface area contributed by atoms with E-state index in [1.54, 1.807) is 35.2 Å². The first-order chi connectivity index (χ1) is 13.1. The van der Waals surface area contributed by atoms with Crippen LogP contribution in [0, 0.1) is 12.7 Å². The molecule has 4 nitrogen and oxygen atoms in total. The molecule has 0 saturated carbocycles. The normalized spacial score (nSPS) is 11.1. The standard InChI is InChI=1S/C20H17FN4S2/c1-13-3-5-15(6-4-13)19-22-17(11-26-19)12-27-20-24-23-18(25(20)2)14-7-9-16(21)10-8-14/h3-11H,12H2,1-2H3. The van der Waals surface area contributed by atoms with Gasteiger partial charge in [-0.3, -0.25) is 0 Å². The summed E-state index contributed by atoms with van der Waals surface area (Å²) in [7, 11) is 1.92. The van der Waals surface area contributed by atoms with Gasteiger partial charge in [-0.2, -0.15) is 0 Å². The van der Waals surface area contributed by atoms with E-state index in [0.29, 0.717) is 0 Å². The first-order valence-corrected chi connectivity index (χ1v) is 10.3. The largest absolute Gasteiger partial charge is 0.305 e. The topological polar surface area (TPSA) is 43.6 Å². The molecule has 0 amide bonds. The predicted octanol–water partition coefficient (Wildman–Crippen LogP) is 5.35. The quantitative estimate of drug-likeness (QED) is 0.427. The van der Waals surface area contributed by atoms with Gasteiger partial charge >= 0.3 is 0 Å². The summed E-state index contributed by atoms with van der Waals surface area (Å²) < 4.78 is 15.0. The molecule has 0 bridgehead atoms. The summed E-state index contributed by atoms with van der Waals surface area (Å²) in [5.41, 5.74) is 4.24. The summed E-state index contributed by atoms with van der Waals surface area (Å²) >= 11 is 3.24. The maximum absolute atomic E-state index is 13.1. The highest BCUT2D eigenvalue weighted by Gasteiger charge is 2.12. The molecule has 0 aliphatic heterocycles. The van der Waals surface area contributed by atoms with E-state index >= 15 is 0 Å². The molecule has 0 unspecified atom stereocenters. The second kappa shape index (κ2) is 7.62. The molecule has 0 radical (unpaired) electrons. The number of aromatic nitrogens is 4. The van der Waals surface area contributed by atoms with Crippen LogP contribution in [0.5, 0.6) is 0 Å². The number of thiazole rings is 1. The minimum atomic E-state index is -0.261. The molecule has 136 valence electrons. The van der Waals surface area contributed by atoms with Crippen molar-refractivity contribution in [1.82, 2.24) is 19.7 Å². The molecule has 2 aromatic carbocycles. The fourth-order valence-electron chi connectivity index (χ4n) is 2.63. The zero-order valence-corrected chi connectivity index (χ0v) is 16.5. The lowest BCUT2D eigenvalue weighted by molar-refractivity contribution is 0.628. The number of benzene rings is 2. The Morgan fingerprint density at radius 1 is 1.00 bits per heavy atom. The Morgan fingerprint density at radius 3 is 2.44 bits per heavy atom. The maximum Gasteiger partial charge on any atom is 0.191 e. The first-order valence-electron chi connectivity index (χ1n) is 8.40. The SMILES string of the molecule is Cc1ccc(-c2nc(CSc3nnc(-c4ccc(F)cc4)n3C)cs2)cc1. The summed E-state index contributed by atoms with van der Waals surface area (Å²) in [6, 6.07) is 14.7. The van der Waals surface area contributed by atoms with Gasteiger partial charge in [0.15, 0.2) is 11.0 Å². The van der Waals surface area contributed by atoms with Crippen molar-refractivity contribution in [2.75, 3.05) is 0 Å². The number of halogens is 1. The Morgan fingerprint density at radius 2 is 1.70 bits per heavy atom. The molecule has 7 heteroatoms. The molecule has 0 N–H and O–H groups in total. The van der Waals surface area contributed by atoms with Crippen LogP contribution < -0.4 is 0 Å². The Bertz CT molecular complexity index is 1050. The van der Waals surface area contributed by atoms with E-state index in [0.717, 1.165) is 38.6 Å². The van der Waals surface area contributed by atoms with Gasteiger partial charge < -0.3 is 4.57 Å². The maximum atomic E-state index is 13.1. The smallest absolute Gasteiger partial charge is 0.191 e. The fourth-order valence-corrected chi connectivity index (χ4v) is 4.37. The van der Waals surface area contributed by atoms with Crippen molar-refractivity contribution in [2.24, 2.45) is 7.05 Å². The van der Waals surface area contributed by atoms with Crippen LogP contribution in [0.3, 0.4) is 0 Å². The number of hydrogen-bond acceptors (Lipinski definition) is 5. The number of aryl methyl sites for hydroxylation is 1. The van der Waals surface area contributed by atoms with Crippen LogP contribution in [0.2, 0.25) is 0 Å². The van der Waals surface area contributed by atoms with Crippen molar-refractivity contribution in [2.45, 2.75) is 17.8 Å². The summed E-state index contributed by atoms with van der Waals surface area (Å²) in [6.07, 6.45) is 0. The molecule has 2 aromatic heterocycles. The van der Waals surface area contributed by atoms with Gasteiger partial charge in [0.1, 0.15) is 10.8 Å². The van der Waals surface area contributed by atoms with Gasteiger partial charge in [0.05, 0.1) is 5.69 Å². The Kier molecular flexibility index (Phi) is 5.05. The monoisotopic (exact) mass is 396 g/mol. The fraction of sp³-hybridized carbons (Fsp3) is 0.150. The van der Waals surface area contributed by atoms with E-state index in [2.05, 4.69) is 46.8 Å². The highest BCUT2D eigenvalue weighted by atomic mass is 32.2. The molecule has 0 aliphatic carbocycles. The number of thioether (sulfide) groups is 1. The van der Waals surface area contributed by atoms with E-state index in [4.69, 9.17) is 4.98 Å². The Labute approximate surface area is 165 Å². The van der Waals surface area contributed by atoms with Crippen molar-refractivity contribution in [1.29, 1.82) is 0 Å². The summed E-state index contributed by atoms with van der Waals surface area (Å²) in [4.78, 5) is 4.73.